The molecule has 1 aromatic carbocycles. The van der Waals surface area contributed by atoms with Crippen LogP contribution in [-0.2, 0) is 11.3 Å². The highest BCUT2D eigenvalue weighted by Crippen LogP contribution is 2.17. The van der Waals surface area contributed by atoms with Crippen molar-refractivity contribution in [1.29, 1.82) is 0 Å². The summed E-state index contributed by atoms with van der Waals surface area (Å²) in [6.45, 7) is 2.73. The molecule has 5 nitrogen and oxygen atoms in total. The number of hydrogen-bond donors (Lipinski definition) is 2. The van der Waals surface area contributed by atoms with E-state index in [0.717, 1.165) is 32.4 Å². The third kappa shape index (κ3) is 5.09. The number of aliphatic hydroxyl groups excluding tert-OH is 1. The summed E-state index contributed by atoms with van der Waals surface area (Å²) in [4.78, 5) is 15.6. The van der Waals surface area contributed by atoms with Gasteiger partial charge in [0.05, 0.1) is 12.1 Å². The van der Waals surface area contributed by atoms with E-state index in [0.29, 0.717) is 13.1 Å². The van der Waals surface area contributed by atoms with Crippen molar-refractivity contribution in [3.8, 4) is 0 Å². The normalized spacial score (nSPS) is 21.0. The number of hydrogen-bond acceptors (Lipinski definition) is 4. The second kappa shape index (κ2) is 8.27. The fraction of sp³-hybridized carbons (Fsp3) is 0.588. The van der Waals surface area contributed by atoms with Gasteiger partial charge in [-0.15, -0.1) is 0 Å². The molecule has 2 unspecified atom stereocenters. The lowest BCUT2D eigenvalue weighted by Crippen LogP contribution is -2.51. The number of aliphatic hydroxyl groups is 1. The van der Waals surface area contributed by atoms with E-state index in [9.17, 15) is 9.90 Å². The molecule has 1 aliphatic rings. The summed E-state index contributed by atoms with van der Waals surface area (Å²) in [7, 11) is 2.00. The number of amides is 1. The molecule has 0 aliphatic carbocycles. The van der Waals surface area contributed by atoms with Crippen LogP contribution in [0.4, 0.5) is 0 Å². The van der Waals surface area contributed by atoms with Crippen molar-refractivity contribution >= 4 is 5.91 Å². The van der Waals surface area contributed by atoms with E-state index in [4.69, 9.17) is 5.73 Å². The zero-order chi connectivity index (χ0) is 15.9. The Hall–Kier alpha value is -1.43. The second-order valence-electron chi connectivity index (χ2n) is 6.25. The van der Waals surface area contributed by atoms with Crippen molar-refractivity contribution in [1.82, 2.24) is 9.80 Å². The smallest absolute Gasteiger partial charge is 0.234 e. The standard InChI is InChI=1S/C17H27N3O2/c1-19(11-14-7-3-2-4-8-14)12-15(21)13-20-10-6-5-9-16(20)17(18)22/h2-4,7-8,15-16,21H,5-6,9-13H2,1H3,(H2,18,22). The first-order chi connectivity index (χ1) is 10.6. The summed E-state index contributed by atoms with van der Waals surface area (Å²) in [5, 5.41) is 10.3. The lowest BCUT2D eigenvalue weighted by Gasteiger charge is -2.35. The fourth-order valence-electron chi connectivity index (χ4n) is 3.18. The molecular formula is C17H27N3O2. The molecule has 0 radical (unpaired) electrons. The van der Waals surface area contributed by atoms with Gasteiger partial charge < -0.3 is 10.8 Å². The van der Waals surface area contributed by atoms with Gasteiger partial charge in [0.1, 0.15) is 0 Å². The number of nitrogens with two attached hydrogens (primary N) is 1. The van der Waals surface area contributed by atoms with Gasteiger partial charge in [-0.05, 0) is 32.0 Å². The van der Waals surface area contributed by atoms with Gasteiger partial charge in [0.15, 0.2) is 0 Å². The van der Waals surface area contributed by atoms with Gasteiger partial charge in [-0.1, -0.05) is 36.8 Å². The lowest BCUT2D eigenvalue weighted by atomic mass is 10.0. The van der Waals surface area contributed by atoms with Crippen molar-refractivity contribution in [2.75, 3.05) is 26.7 Å². The van der Waals surface area contributed by atoms with Crippen LogP contribution in [0, 0.1) is 0 Å². The van der Waals surface area contributed by atoms with Crippen LogP contribution in [0.25, 0.3) is 0 Å². The molecule has 3 N–H and O–H groups in total. The van der Waals surface area contributed by atoms with Crippen LogP contribution in [0.2, 0.25) is 0 Å². The molecule has 1 amide bonds. The van der Waals surface area contributed by atoms with Crippen LogP contribution < -0.4 is 5.73 Å². The molecule has 1 fully saturated rings. The molecule has 0 spiro atoms. The Bertz CT molecular complexity index is 466. The Kier molecular flexibility index (Phi) is 6.36. The van der Waals surface area contributed by atoms with Crippen LogP contribution in [-0.4, -0.2) is 59.6 Å². The third-order valence-corrected chi connectivity index (χ3v) is 4.21. The first kappa shape index (κ1) is 16.9. The van der Waals surface area contributed by atoms with Crippen LogP contribution >= 0.6 is 0 Å². The van der Waals surface area contributed by atoms with Crippen LogP contribution in [0.15, 0.2) is 30.3 Å². The maximum Gasteiger partial charge on any atom is 0.234 e. The van der Waals surface area contributed by atoms with E-state index in [1.54, 1.807) is 0 Å². The largest absolute Gasteiger partial charge is 0.390 e. The molecule has 2 rings (SSSR count). The summed E-state index contributed by atoms with van der Waals surface area (Å²) in [5.74, 6) is -0.274. The zero-order valence-corrected chi connectivity index (χ0v) is 13.3. The molecule has 122 valence electrons. The van der Waals surface area contributed by atoms with E-state index in [1.807, 2.05) is 30.1 Å². The molecule has 22 heavy (non-hydrogen) atoms. The predicted molar refractivity (Wildman–Crippen MR) is 87.2 cm³/mol. The molecule has 0 aromatic heterocycles. The minimum absolute atomic E-state index is 0.220. The van der Waals surface area contributed by atoms with E-state index in [-0.39, 0.29) is 11.9 Å². The average Bonchev–Trinajstić information content (AvgIpc) is 2.48. The number of primary amides is 1. The molecule has 0 bridgehead atoms. The van der Waals surface area contributed by atoms with E-state index in [2.05, 4.69) is 17.0 Å². The SMILES string of the molecule is CN(Cc1ccccc1)CC(O)CN1CCCCC1C(N)=O. The van der Waals surface area contributed by atoms with Crippen LogP contribution in [0.5, 0.6) is 0 Å². The van der Waals surface area contributed by atoms with E-state index < -0.39 is 6.10 Å². The quantitative estimate of drug-likeness (QED) is 0.782. The lowest BCUT2D eigenvalue weighted by molar-refractivity contribution is -0.125. The first-order valence-electron chi connectivity index (χ1n) is 8.00. The number of nitrogens with zero attached hydrogens (tertiary/aromatic N) is 2. The number of carbonyl (C=O) groups excluding carboxylic acids is 1. The highest BCUT2D eigenvalue weighted by molar-refractivity contribution is 5.79. The molecule has 1 saturated heterocycles. The topological polar surface area (TPSA) is 69.8 Å². The maximum absolute atomic E-state index is 11.5. The Balaban J connectivity index is 1.81. The monoisotopic (exact) mass is 305 g/mol. The summed E-state index contributed by atoms with van der Waals surface area (Å²) in [6, 6.07) is 9.98. The number of likely N-dealkylation sites (tertiary alicyclic amines) is 1. The molecule has 1 aliphatic heterocycles. The minimum atomic E-state index is -0.478. The minimum Gasteiger partial charge on any atom is -0.390 e. The molecule has 5 heteroatoms. The van der Waals surface area contributed by atoms with Gasteiger partial charge >= 0.3 is 0 Å². The van der Waals surface area contributed by atoms with Crippen molar-refractivity contribution in [2.24, 2.45) is 5.73 Å². The number of likely N-dealkylation sites (N-methyl/N-ethyl adjacent to an activating group) is 1. The van der Waals surface area contributed by atoms with E-state index >= 15 is 0 Å². The molecule has 1 aromatic rings. The van der Waals surface area contributed by atoms with Gasteiger partial charge in [0.25, 0.3) is 0 Å². The van der Waals surface area contributed by atoms with Crippen molar-refractivity contribution < 1.29 is 9.90 Å². The molecule has 0 saturated carbocycles. The summed E-state index contributed by atoms with van der Waals surface area (Å²) in [6.07, 6.45) is 2.43. The highest BCUT2D eigenvalue weighted by atomic mass is 16.3. The average molecular weight is 305 g/mol. The Morgan fingerprint density at radius 2 is 2.14 bits per heavy atom. The number of carbonyl (C=O) groups is 1. The van der Waals surface area contributed by atoms with Gasteiger partial charge in [0.2, 0.25) is 5.91 Å². The second-order valence-corrected chi connectivity index (χ2v) is 6.25. The Morgan fingerprint density at radius 1 is 1.41 bits per heavy atom. The maximum atomic E-state index is 11.5. The van der Waals surface area contributed by atoms with Gasteiger partial charge in [0, 0.05) is 19.6 Å². The Morgan fingerprint density at radius 3 is 2.82 bits per heavy atom. The third-order valence-electron chi connectivity index (χ3n) is 4.21. The van der Waals surface area contributed by atoms with Crippen LogP contribution in [0.3, 0.4) is 0 Å². The van der Waals surface area contributed by atoms with Crippen molar-refractivity contribution in [3.63, 3.8) is 0 Å². The fourth-order valence-corrected chi connectivity index (χ4v) is 3.18. The Labute approximate surface area is 132 Å². The van der Waals surface area contributed by atoms with Crippen molar-refractivity contribution in [3.05, 3.63) is 35.9 Å². The zero-order valence-electron chi connectivity index (χ0n) is 13.3. The molecular weight excluding hydrogens is 278 g/mol. The van der Waals surface area contributed by atoms with E-state index in [1.165, 1.54) is 5.56 Å². The number of benzene rings is 1. The number of β-amino-alcohol motifs (C(OH)–C–C–N with tert-alkyl or cyclic N) is 1. The summed E-state index contributed by atoms with van der Waals surface area (Å²) >= 11 is 0. The number of rotatable bonds is 7. The first-order valence-corrected chi connectivity index (χ1v) is 8.00. The van der Waals surface area contributed by atoms with Gasteiger partial charge in [-0.2, -0.15) is 0 Å². The summed E-state index contributed by atoms with van der Waals surface area (Å²) in [5.41, 5.74) is 6.69. The number of piperidine rings is 1. The molecule has 1 heterocycles. The molecule has 2 atom stereocenters. The van der Waals surface area contributed by atoms with Gasteiger partial charge in [-0.3, -0.25) is 14.6 Å². The van der Waals surface area contributed by atoms with Crippen molar-refractivity contribution in [2.45, 2.75) is 38.0 Å². The van der Waals surface area contributed by atoms with Crippen LogP contribution in [0.1, 0.15) is 24.8 Å². The summed E-state index contributed by atoms with van der Waals surface area (Å²) < 4.78 is 0. The highest BCUT2D eigenvalue weighted by Gasteiger charge is 2.28. The predicted octanol–water partition coefficient (Wildman–Crippen LogP) is 0.819. The van der Waals surface area contributed by atoms with Gasteiger partial charge in [-0.25, -0.2) is 0 Å².